The van der Waals surface area contributed by atoms with Gasteiger partial charge >= 0.3 is 0 Å². The average Bonchev–Trinajstić information content (AvgIpc) is 4.16. The fraction of sp³-hybridized carbons (Fsp3) is 0.326. The molecule has 2 fully saturated rings. The normalized spacial score (nSPS) is 15.8. The van der Waals surface area contributed by atoms with E-state index in [2.05, 4.69) is 4.98 Å². The topological polar surface area (TPSA) is 112 Å². The number of benzene rings is 4. The van der Waals surface area contributed by atoms with E-state index in [0.29, 0.717) is 89.3 Å². The summed E-state index contributed by atoms with van der Waals surface area (Å²) in [6.07, 6.45) is 0.558. The minimum absolute atomic E-state index is 0.279. The first-order valence-corrected chi connectivity index (χ1v) is 18.3. The first-order valence-electron chi connectivity index (χ1n) is 18.3. The Bertz CT molecular complexity index is 1690. The van der Waals surface area contributed by atoms with E-state index in [-0.39, 0.29) is 12.2 Å². The zero-order chi connectivity index (χ0) is 36.6. The van der Waals surface area contributed by atoms with Gasteiger partial charge in [0.1, 0.15) is 48.4 Å². The number of epoxide rings is 2. The second kappa shape index (κ2) is 19.9. The molecule has 282 valence electrons. The summed E-state index contributed by atoms with van der Waals surface area (Å²) in [4.78, 5) is 4.55. The molecule has 11 nitrogen and oxygen atoms in total. The van der Waals surface area contributed by atoms with E-state index < -0.39 is 0 Å². The summed E-state index contributed by atoms with van der Waals surface area (Å²) in [5.74, 6) is 3.80. The van der Waals surface area contributed by atoms with Gasteiger partial charge in [0.2, 0.25) is 11.8 Å². The highest BCUT2D eigenvalue weighted by atomic mass is 16.6. The van der Waals surface area contributed by atoms with E-state index in [4.69, 9.17) is 47.4 Å². The van der Waals surface area contributed by atoms with E-state index in [1.54, 1.807) is 12.1 Å². The number of ether oxygens (including phenoxy) is 10. The van der Waals surface area contributed by atoms with Gasteiger partial charge in [-0.3, -0.25) is 0 Å². The highest BCUT2D eigenvalue weighted by Crippen LogP contribution is 2.30. The van der Waals surface area contributed by atoms with Crippen LogP contribution in [0.4, 0.5) is 0 Å². The van der Waals surface area contributed by atoms with Gasteiger partial charge in [-0.15, -0.1) is 0 Å². The molecule has 2 atom stereocenters. The zero-order valence-electron chi connectivity index (χ0n) is 30.1. The average molecular weight is 736 g/mol. The molecule has 0 aliphatic carbocycles. The Hall–Kier alpha value is -5.01. The predicted octanol–water partition coefficient (Wildman–Crippen LogP) is 7.62. The van der Waals surface area contributed by atoms with Crippen molar-refractivity contribution in [2.45, 2.75) is 12.2 Å². The van der Waals surface area contributed by atoms with Crippen LogP contribution in [0.2, 0.25) is 0 Å². The number of aromatic nitrogens is 1. The standard InChI is InChI=1S/C43H45NO10/c1-2-42(53-38-16-8-34(9-17-38)32-4-12-36(13-5-32)49-26-24-45-20-22-47-28-40-30-51-40)44-43(3-1)54-39-18-10-35(11-19-39)33-6-14-37(15-7-33)50-27-25-46-21-23-48-29-41-31-52-41/h1-19,40-41H,20-31H2. The molecule has 0 saturated carbocycles. The maximum Gasteiger partial charge on any atom is 0.222 e. The van der Waals surface area contributed by atoms with Crippen molar-refractivity contribution in [2.24, 2.45) is 0 Å². The zero-order valence-corrected chi connectivity index (χ0v) is 30.1. The number of rotatable bonds is 24. The van der Waals surface area contributed by atoms with Gasteiger partial charge in [-0.25, -0.2) is 0 Å². The van der Waals surface area contributed by atoms with Crippen LogP contribution in [0.5, 0.6) is 34.8 Å². The molecule has 0 spiro atoms. The summed E-state index contributed by atoms with van der Waals surface area (Å²) in [6, 6.07) is 37.2. The summed E-state index contributed by atoms with van der Waals surface area (Å²) >= 11 is 0. The molecule has 4 aromatic carbocycles. The Balaban J connectivity index is 0.810. The van der Waals surface area contributed by atoms with Crippen LogP contribution in [0.3, 0.4) is 0 Å². The number of nitrogens with zero attached hydrogens (tertiary/aromatic N) is 1. The molecule has 11 heteroatoms. The maximum absolute atomic E-state index is 6.05. The number of hydrogen-bond acceptors (Lipinski definition) is 11. The lowest BCUT2D eigenvalue weighted by Crippen LogP contribution is -2.12. The molecule has 2 aliphatic rings. The molecule has 3 heterocycles. The third-order valence-electron chi connectivity index (χ3n) is 8.38. The predicted molar refractivity (Wildman–Crippen MR) is 202 cm³/mol. The lowest BCUT2D eigenvalue weighted by atomic mass is 10.1. The maximum atomic E-state index is 6.05. The Morgan fingerprint density at radius 3 is 1.11 bits per heavy atom. The summed E-state index contributed by atoms with van der Waals surface area (Å²) < 4.78 is 56.0. The minimum Gasteiger partial charge on any atom is -0.491 e. The van der Waals surface area contributed by atoms with Crippen molar-refractivity contribution >= 4 is 0 Å². The Morgan fingerprint density at radius 1 is 0.407 bits per heavy atom. The van der Waals surface area contributed by atoms with Gasteiger partial charge in [-0.2, -0.15) is 4.98 Å². The van der Waals surface area contributed by atoms with Crippen molar-refractivity contribution < 1.29 is 47.4 Å². The molecule has 5 aromatic rings. The van der Waals surface area contributed by atoms with Gasteiger partial charge in [0.05, 0.1) is 66.1 Å². The van der Waals surface area contributed by atoms with Crippen LogP contribution in [-0.2, 0) is 28.4 Å². The van der Waals surface area contributed by atoms with E-state index in [1.807, 2.05) is 103 Å². The van der Waals surface area contributed by atoms with Gasteiger partial charge in [-0.05, 0) is 70.8 Å². The molecule has 0 bridgehead atoms. The molecule has 0 N–H and O–H groups in total. The second-order valence-electron chi connectivity index (χ2n) is 12.6. The molecule has 0 amide bonds. The van der Waals surface area contributed by atoms with E-state index in [9.17, 15) is 0 Å². The van der Waals surface area contributed by atoms with Gasteiger partial charge in [0.15, 0.2) is 0 Å². The highest BCUT2D eigenvalue weighted by Gasteiger charge is 2.22. The molecule has 2 saturated heterocycles. The first kappa shape index (κ1) is 37.3. The van der Waals surface area contributed by atoms with Crippen LogP contribution in [0.15, 0.2) is 115 Å². The third kappa shape index (κ3) is 12.6. The van der Waals surface area contributed by atoms with Gasteiger partial charge < -0.3 is 47.4 Å². The molecular formula is C43H45NO10. The van der Waals surface area contributed by atoms with Crippen molar-refractivity contribution in [3.63, 3.8) is 0 Å². The van der Waals surface area contributed by atoms with Crippen molar-refractivity contribution in [3.8, 4) is 57.0 Å². The fourth-order valence-electron chi connectivity index (χ4n) is 5.30. The minimum atomic E-state index is 0.279. The van der Waals surface area contributed by atoms with Crippen molar-refractivity contribution in [1.82, 2.24) is 4.98 Å². The smallest absolute Gasteiger partial charge is 0.222 e. The molecular weight excluding hydrogens is 690 g/mol. The quantitative estimate of drug-likeness (QED) is 0.0461. The summed E-state index contributed by atoms with van der Waals surface area (Å²) in [5.41, 5.74) is 4.26. The van der Waals surface area contributed by atoms with E-state index in [1.165, 1.54) is 0 Å². The van der Waals surface area contributed by atoms with E-state index >= 15 is 0 Å². The van der Waals surface area contributed by atoms with Crippen LogP contribution in [0.1, 0.15) is 0 Å². The molecule has 54 heavy (non-hydrogen) atoms. The van der Waals surface area contributed by atoms with Crippen LogP contribution >= 0.6 is 0 Å². The fourth-order valence-corrected chi connectivity index (χ4v) is 5.30. The molecule has 2 aliphatic heterocycles. The number of hydrogen-bond donors (Lipinski definition) is 0. The third-order valence-corrected chi connectivity index (χ3v) is 8.38. The van der Waals surface area contributed by atoms with Gasteiger partial charge in [-0.1, -0.05) is 54.6 Å². The second-order valence-corrected chi connectivity index (χ2v) is 12.6. The van der Waals surface area contributed by atoms with Crippen molar-refractivity contribution in [1.29, 1.82) is 0 Å². The SMILES string of the molecule is c1cc(Oc2ccc(-c3ccc(OCCOCCOCC4CO4)cc3)cc2)nc(Oc2ccc(-c3ccc(OCCOCCOCC4CO4)cc3)cc2)c1. The Labute approximate surface area is 315 Å². The van der Waals surface area contributed by atoms with Crippen molar-refractivity contribution in [3.05, 3.63) is 115 Å². The van der Waals surface area contributed by atoms with Crippen molar-refractivity contribution in [2.75, 3.05) is 79.3 Å². The van der Waals surface area contributed by atoms with Crippen LogP contribution in [-0.4, -0.2) is 96.5 Å². The van der Waals surface area contributed by atoms with E-state index in [0.717, 1.165) is 47.0 Å². The molecule has 0 radical (unpaired) electrons. The monoisotopic (exact) mass is 735 g/mol. The molecule has 1 aromatic heterocycles. The largest absolute Gasteiger partial charge is 0.491 e. The number of pyridine rings is 1. The lowest BCUT2D eigenvalue weighted by molar-refractivity contribution is 0.0317. The molecule has 7 rings (SSSR count). The van der Waals surface area contributed by atoms with Crippen LogP contribution < -0.4 is 18.9 Å². The van der Waals surface area contributed by atoms with Crippen LogP contribution in [0, 0.1) is 0 Å². The summed E-state index contributed by atoms with van der Waals surface area (Å²) in [5, 5.41) is 0. The lowest BCUT2D eigenvalue weighted by Gasteiger charge is -2.10. The Morgan fingerprint density at radius 2 is 0.741 bits per heavy atom. The first-order chi connectivity index (χ1) is 26.7. The summed E-state index contributed by atoms with van der Waals surface area (Å²) in [6.45, 7) is 7.05. The Kier molecular flexibility index (Phi) is 13.7. The summed E-state index contributed by atoms with van der Waals surface area (Å²) in [7, 11) is 0. The van der Waals surface area contributed by atoms with Gasteiger partial charge in [0, 0.05) is 12.1 Å². The highest BCUT2D eigenvalue weighted by molar-refractivity contribution is 5.66. The molecule has 2 unspecified atom stereocenters. The van der Waals surface area contributed by atoms with Crippen LogP contribution in [0.25, 0.3) is 22.3 Å². The van der Waals surface area contributed by atoms with Gasteiger partial charge in [0.25, 0.3) is 0 Å².